The van der Waals surface area contributed by atoms with Crippen LogP contribution in [0, 0.1) is 5.82 Å². The van der Waals surface area contributed by atoms with Crippen LogP contribution < -0.4 is 9.47 Å². The van der Waals surface area contributed by atoms with Crippen molar-refractivity contribution >= 4 is 10.8 Å². The van der Waals surface area contributed by atoms with Crippen LogP contribution in [0.3, 0.4) is 0 Å². The number of rotatable bonds is 8. The fourth-order valence-electron chi connectivity index (χ4n) is 3.57. The van der Waals surface area contributed by atoms with Crippen LogP contribution >= 0.6 is 0 Å². The van der Waals surface area contributed by atoms with Crippen LogP contribution in [0.5, 0.6) is 11.5 Å². The largest absolute Gasteiger partial charge is 0.491 e. The molecule has 0 bridgehead atoms. The summed E-state index contributed by atoms with van der Waals surface area (Å²) in [4.78, 5) is 8.63. The molecule has 0 amide bonds. The normalized spacial score (nSPS) is 11.6. The fourth-order valence-corrected chi connectivity index (χ4v) is 3.57. The molecule has 4 nitrogen and oxygen atoms in total. The smallest absolute Gasteiger partial charge is 0.422 e. The number of hydrogen-bond acceptors (Lipinski definition) is 4. The SMILES string of the molecule is CCOc1cnc(-c2ccc3c(F)c(CCc4ccc(OCC(F)(F)F)cc4)ccc3c2)nc1. The molecule has 0 N–H and O–H groups in total. The van der Waals surface area contributed by atoms with Gasteiger partial charge < -0.3 is 9.47 Å². The van der Waals surface area contributed by atoms with Crippen LogP contribution in [0.4, 0.5) is 17.6 Å². The molecule has 8 heteroatoms. The number of alkyl halides is 3. The molecule has 176 valence electrons. The first-order valence-electron chi connectivity index (χ1n) is 10.8. The number of halogens is 4. The van der Waals surface area contributed by atoms with Crippen LogP contribution in [0.15, 0.2) is 67.0 Å². The summed E-state index contributed by atoms with van der Waals surface area (Å²) < 4.78 is 62.0. The summed E-state index contributed by atoms with van der Waals surface area (Å²) in [5.74, 6) is 0.968. The molecule has 0 spiro atoms. The van der Waals surface area contributed by atoms with Gasteiger partial charge in [-0.2, -0.15) is 13.2 Å². The fraction of sp³-hybridized carbons (Fsp3) is 0.231. The molecule has 0 saturated heterocycles. The van der Waals surface area contributed by atoms with Crippen molar-refractivity contribution in [2.45, 2.75) is 25.9 Å². The average molecular weight is 470 g/mol. The van der Waals surface area contributed by atoms with E-state index in [4.69, 9.17) is 9.47 Å². The van der Waals surface area contributed by atoms with E-state index in [1.54, 1.807) is 42.7 Å². The maximum absolute atomic E-state index is 15.1. The number of nitrogens with zero attached hydrogens (tertiary/aromatic N) is 2. The Hall–Kier alpha value is -3.68. The first-order chi connectivity index (χ1) is 16.3. The Morgan fingerprint density at radius 1 is 0.824 bits per heavy atom. The average Bonchev–Trinajstić information content (AvgIpc) is 2.83. The molecule has 1 heterocycles. The van der Waals surface area contributed by atoms with E-state index in [0.717, 1.165) is 16.5 Å². The minimum atomic E-state index is -4.38. The predicted molar refractivity (Wildman–Crippen MR) is 122 cm³/mol. The van der Waals surface area contributed by atoms with Gasteiger partial charge in [-0.15, -0.1) is 0 Å². The van der Waals surface area contributed by atoms with E-state index < -0.39 is 12.8 Å². The molecular weight excluding hydrogens is 448 g/mol. The summed E-state index contributed by atoms with van der Waals surface area (Å²) >= 11 is 0. The highest BCUT2D eigenvalue weighted by Gasteiger charge is 2.28. The molecule has 0 aliphatic heterocycles. The standard InChI is InChI=1S/C26H22F4N2O2/c1-2-33-22-14-31-25(32-15-22)20-9-12-23-19(13-20)8-7-18(24(23)27)6-3-17-4-10-21(11-5-17)34-16-26(28,29)30/h4-5,7-15H,2-3,6,16H2,1H3. The van der Waals surface area contributed by atoms with Crippen molar-refractivity contribution in [1.29, 1.82) is 0 Å². The van der Waals surface area contributed by atoms with Crippen molar-refractivity contribution in [1.82, 2.24) is 9.97 Å². The third-order valence-corrected chi connectivity index (χ3v) is 5.24. The molecule has 0 saturated carbocycles. The highest BCUT2D eigenvalue weighted by molar-refractivity contribution is 5.87. The van der Waals surface area contributed by atoms with E-state index in [2.05, 4.69) is 9.97 Å². The third kappa shape index (κ3) is 5.81. The predicted octanol–water partition coefficient (Wildman–Crippen LogP) is 6.56. The van der Waals surface area contributed by atoms with Gasteiger partial charge in [0.2, 0.25) is 0 Å². The van der Waals surface area contributed by atoms with Gasteiger partial charge in [-0.1, -0.05) is 36.4 Å². The van der Waals surface area contributed by atoms with Crippen molar-refractivity contribution < 1.29 is 27.0 Å². The lowest BCUT2D eigenvalue weighted by atomic mass is 9.99. The van der Waals surface area contributed by atoms with Crippen LogP contribution in [0.1, 0.15) is 18.1 Å². The van der Waals surface area contributed by atoms with Crippen molar-refractivity contribution in [3.05, 3.63) is 83.9 Å². The molecule has 0 radical (unpaired) electrons. The number of aromatic nitrogens is 2. The van der Waals surface area contributed by atoms with Crippen LogP contribution in [-0.4, -0.2) is 29.4 Å². The van der Waals surface area contributed by atoms with Crippen molar-refractivity contribution in [3.8, 4) is 22.9 Å². The summed E-state index contributed by atoms with van der Waals surface area (Å²) in [7, 11) is 0. The minimum Gasteiger partial charge on any atom is -0.491 e. The summed E-state index contributed by atoms with van der Waals surface area (Å²) in [6.45, 7) is 1.08. The molecule has 0 atom stereocenters. The number of ether oxygens (including phenoxy) is 2. The summed E-state index contributed by atoms with van der Waals surface area (Å²) in [5.41, 5.74) is 2.22. The van der Waals surface area contributed by atoms with Gasteiger partial charge in [-0.3, -0.25) is 0 Å². The van der Waals surface area contributed by atoms with Gasteiger partial charge in [0, 0.05) is 10.9 Å². The van der Waals surface area contributed by atoms with Gasteiger partial charge in [-0.05, 0) is 54.5 Å². The Morgan fingerprint density at radius 3 is 2.24 bits per heavy atom. The molecule has 3 aromatic carbocycles. The summed E-state index contributed by atoms with van der Waals surface area (Å²) in [6, 6.07) is 15.3. The van der Waals surface area contributed by atoms with E-state index >= 15 is 4.39 Å². The third-order valence-electron chi connectivity index (χ3n) is 5.24. The molecular formula is C26H22F4N2O2. The second-order valence-electron chi connectivity index (χ2n) is 7.70. The number of fused-ring (bicyclic) bond motifs is 1. The topological polar surface area (TPSA) is 44.2 Å². The van der Waals surface area contributed by atoms with Gasteiger partial charge in [0.15, 0.2) is 18.2 Å². The number of benzene rings is 3. The Labute approximate surface area is 194 Å². The van der Waals surface area contributed by atoms with Crippen molar-refractivity contribution in [3.63, 3.8) is 0 Å². The van der Waals surface area contributed by atoms with E-state index in [9.17, 15) is 13.2 Å². The maximum atomic E-state index is 15.1. The van der Waals surface area contributed by atoms with E-state index in [0.29, 0.717) is 42.0 Å². The molecule has 4 aromatic rings. The highest BCUT2D eigenvalue weighted by atomic mass is 19.4. The first kappa shape index (κ1) is 23.5. The monoisotopic (exact) mass is 470 g/mol. The van der Waals surface area contributed by atoms with Crippen molar-refractivity contribution in [2.75, 3.05) is 13.2 Å². The van der Waals surface area contributed by atoms with Crippen LogP contribution in [-0.2, 0) is 12.8 Å². The highest BCUT2D eigenvalue weighted by Crippen LogP contribution is 2.27. The molecule has 4 rings (SSSR count). The van der Waals surface area contributed by atoms with E-state index in [1.165, 1.54) is 12.1 Å². The molecule has 0 fully saturated rings. The van der Waals surface area contributed by atoms with Crippen molar-refractivity contribution in [2.24, 2.45) is 0 Å². The lowest BCUT2D eigenvalue weighted by Gasteiger charge is -2.10. The lowest BCUT2D eigenvalue weighted by Crippen LogP contribution is -2.19. The number of aryl methyl sites for hydroxylation is 2. The number of hydrogen-bond donors (Lipinski definition) is 0. The second kappa shape index (κ2) is 10.1. The van der Waals surface area contributed by atoms with Gasteiger partial charge in [-0.25, -0.2) is 14.4 Å². The molecule has 0 aliphatic rings. The zero-order valence-electron chi connectivity index (χ0n) is 18.4. The molecule has 34 heavy (non-hydrogen) atoms. The van der Waals surface area contributed by atoms with E-state index in [-0.39, 0.29) is 11.6 Å². The second-order valence-corrected chi connectivity index (χ2v) is 7.70. The Balaban J connectivity index is 1.44. The Bertz CT molecular complexity index is 1260. The van der Waals surface area contributed by atoms with Gasteiger partial charge >= 0.3 is 6.18 Å². The van der Waals surface area contributed by atoms with E-state index in [1.807, 2.05) is 19.1 Å². The molecule has 1 aromatic heterocycles. The Kier molecular flexibility index (Phi) is 6.95. The lowest BCUT2D eigenvalue weighted by molar-refractivity contribution is -0.153. The summed E-state index contributed by atoms with van der Waals surface area (Å²) in [6.07, 6.45) is -0.175. The van der Waals surface area contributed by atoms with Gasteiger partial charge in [0.1, 0.15) is 11.6 Å². The molecule has 0 unspecified atom stereocenters. The quantitative estimate of drug-likeness (QED) is 0.274. The van der Waals surface area contributed by atoms with Gasteiger partial charge in [0.25, 0.3) is 0 Å². The first-order valence-corrected chi connectivity index (χ1v) is 10.8. The minimum absolute atomic E-state index is 0.144. The Morgan fingerprint density at radius 2 is 1.56 bits per heavy atom. The zero-order chi connectivity index (χ0) is 24.1. The van der Waals surface area contributed by atoms with Crippen LogP contribution in [0.2, 0.25) is 0 Å². The van der Waals surface area contributed by atoms with Crippen LogP contribution in [0.25, 0.3) is 22.2 Å². The summed E-state index contributed by atoms with van der Waals surface area (Å²) in [5, 5.41) is 1.24. The van der Waals surface area contributed by atoms with Gasteiger partial charge in [0.05, 0.1) is 19.0 Å². The maximum Gasteiger partial charge on any atom is 0.422 e. The molecule has 0 aliphatic carbocycles. The zero-order valence-corrected chi connectivity index (χ0v) is 18.4.